The van der Waals surface area contributed by atoms with Crippen LogP contribution in [0.4, 0.5) is 0 Å². The average Bonchev–Trinajstić information content (AvgIpc) is 3.37. The zero-order valence-electron chi connectivity index (χ0n) is 15.8. The summed E-state index contributed by atoms with van der Waals surface area (Å²) in [4.78, 5) is 33.7. The Hall–Kier alpha value is -1.54. The van der Waals surface area contributed by atoms with Gasteiger partial charge in [0.25, 0.3) is 0 Å². The number of thioether (sulfide) groups is 1. The summed E-state index contributed by atoms with van der Waals surface area (Å²) in [5.41, 5.74) is -0.476. The summed E-state index contributed by atoms with van der Waals surface area (Å²) in [7, 11) is 1.91. The van der Waals surface area contributed by atoms with E-state index in [1.807, 2.05) is 27.6 Å². The van der Waals surface area contributed by atoms with Gasteiger partial charge in [-0.1, -0.05) is 11.8 Å². The van der Waals surface area contributed by atoms with Gasteiger partial charge < -0.3 is 19.5 Å². The molecule has 148 valence electrons. The van der Waals surface area contributed by atoms with E-state index in [4.69, 9.17) is 0 Å². The summed E-state index contributed by atoms with van der Waals surface area (Å²) in [5.74, 6) is 1.29. The van der Waals surface area contributed by atoms with Crippen molar-refractivity contribution < 1.29 is 14.7 Å². The maximum absolute atomic E-state index is 13.1. The predicted molar refractivity (Wildman–Crippen MR) is 102 cm³/mol. The highest BCUT2D eigenvalue weighted by molar-refractivity contribution is 7.99. The molecule has 1 spiro atoms. The second-order valence-electron chi connectivity index (χ2n) is 8.28. The van der Waals surface area contributed by atoms with Crippen molar-refractivity contribution in [1.82, 2.24) is 19.4 Å². The van der Waals surface area contributed by atoms with Gasteiger partial charge in [-0.3, -0.25) is 9.59 Å². The maximum atomic E-state index is 13.1. The Morgan fingerprint density at radius 3 is 2.74 bits per heavy atom. The standard InChI is InChI=1S/C19H28N4O3S/c1-21-9-6-20-18(21)27-13-16(25)22-7-4-19(5-8-22)10-15(24)12-23(17(19)26)11-14-2-3-14/h6,9,14-15,24H,2-5,7-8,10-13H2,1H3. The van der Waals surface area contributed by atoms with Crippen LogP contribution >= 0.6 is 11.8 Å². The first-order chi connectivity index (χ1) is 13.0. The van der Waals surface area contributed by atoms with E-state index >= 15 is 0 Å². The minimum atomic E-state index is -0.476. The number of aliphatic hydroxyl groups is 1. The predicted octanol–water partition coefficient (Wildman–Crippen LogP) is 1.12. The van der Waals surface area contributed by atoms with Crippen molar-refractivity contribution >= 4 is 23.6 Å². The fourth-order valence-electron chi connectivity index (χ4n) is 4.36. The number of amides is 2. The molecule has 0 bridgehead atoms. The quantitative estimate of drug-likeness (QED) is 0.760. The molecule has 1 atom stereocenters. The van der Waals surface area contributed by atoms with Crippen LogP contribution in [0.25, 0.3) is 0 Å². The highest BCUT2D eigenvalue weighted by Gasteiger charge is 2.49. The molecule has 8 heteroatoms. The van der Waals surface area contributed by atoms with Gasteiger partial charge in [0.15, 0.2) is 5.16 Å². The largest absolute Gasteiger partial charge is 0.391 e. The third kappa shape index (κ3) is 4.01. The lowest BCUT2D eigenvalue weighted by Gasteiger charge is -2.48. The number of hydrogen-bond donors (Lipinski definition) is 1. The molecule has 3 fully saturated rings. The van der Waals surface area contributed by atoms with Crippen molar-refractivity contribution in [2.45, 2.75) is 43.4 Å². The van der Waals surface area contributed by atoms with E-state index in [9.17, 15) is 14.7 Å². The Kier molecular flexibility index (Phi) is 5.20. The van der Waals surface area contributed by atoms with Crippen molar-refractivity contribution in [3.63, 3.8) is 0 Å². The Bertz CT molecular complexity index is 708. The molecule has 1 unspecified atom stereocenters. The SMILES string of the molecule is Cn1ccnc1SCC(=O)N1CCC2(CC1)CC(O)CN(CC1CC1)C2=O. The number of carbonyl (C=O) groups is 2. The molecular formula is C19H28N4O3S. The van der Waals surface area contributed by atoms with E-state index in [0.717, 1.165) is 11.7 Å². The number of imidazole rings is 1. The number of carbonyl (C=O) groups excluding carboxylic acids is 2. The number of rotatable bonds is 5. The number of aliphatic hydroxyl groups excluding tert-OH is 1. The third-order valence-electron chi connectivity index (χ3n) is 6.15. The van der Waals surface area contributed by atoms with E-state index in [2.05, 4.69) is 4.98 Å². The second-order valence-corrected chi connectivity index (χ2v) is 9.22. The first-order valence-electron chi connectivity index (χ1n) is 9.82. The highest BCUT2D eigenvalue weighted by atomic mass is 32.2. The van der Waals surface area contributed by atoms with Crippen LogP contribution in [0.3, 0.4) is 0 Å². The van der Waals surface area contributed by atoms with Gasteiger partial charge in [0.1, 0.15) is 0 Å². The zero-order valence-corrected chi connectivity index (χ0v) is 16.7. The minimum absolute atomic E-state index is 0.0940. The Morgan fingerprint density at radius 2 is 2.11 bits per heavy atom. The molecule has 1 aromatic rings. The second kappa shape index (κ2) is 7.47. The summed E-state index contributed by atoms with van der Waals surface area (Å²) in [6.07, 6.45) is 7.40. The average molecular weight is 393 g/mol. The molecule has 2 amide bonds. The number of hydrogen-bond acceptors (Lipinski definition) is 5. The molecule has 1 saturated carbocycles. The van der Waals surface area contributed by atoms with Gasteiger partial charge >= 0.3 is 0 Å². The molecule has 3 aliphatic rings. The van der Waals surface area contributed by atoms with Crippen molar-refractivity contribution in [2.75, 3.05) is 31.9 Å². The lowest BCUT2D eigenvalue weighted by molar-refractivity contribution is -0.158. The Morgan fingerprint density at radius 1 is 1.37 bits per heavy atom. The number of aromatic nitrogens is 2. The Labute approximate surface area is 164 Å². The van der Waals surface area contributed by atoms with E-state index in [1.54, 1.807) is 6.20 Å². The van der Waals surface area contributed by atoms with Crippen molar-refractivity contribution in [3.8, 4) is 0 Å². The lowest BCUT2D eigenvalue weighted by atomic mass is 9.71. The van der Waals surface area contributed by atoms with Crippen molar-refractivity contribution in [2.24, 2.45) is 18.4 Å². The van der Waals surface area contributed by atoms with Gasteiger partial charge in [-0.2, -0.15) is 0 Å². The van der Waals surface area contributed by atoms with Crippen LogP contribution in [0.15, 0.2) is 17.6 Å². The molecule has 7 nitrogen and oxygen atoms in total. The number of piperidine rings is 2. The maximum Gasteiger partial charge on any atom is 0.233 e. The van der Waals surface area contributed by atoms with Crippen LogP contribution in [0.1, 0.15) is 32.1 Å². The van der Waals surface area contributed by atoms with Gasteiger partial charge in [0, 0.05) is 45.6 Å². The monoisotopic (exact) mass is 392 g/mol. The zero-order chi connectivity index (χ0) is 19.0. The molecule has 0 radical (unpaired) electrons. The lowest BCUT2D eigenvalue weighted by Crippen LogP contribution is -2.58. The molecule has 0 aromatic carbocycles. The van der Waals surface area contributed by atoms with Crippen molar-refractivity contribution in [3.05, 3.63) is 12.4 Å². The number of aryl methyl sites for hydroxylation is 1. The topological polar surface area (TPSA) is 78.7 Å². The van der Waals surface area contributed by atoms with Gasteiger partial charge in [-0.05, 0) is 38.0 Å². The van der Waals surface area contributed by atoms with Gasteiger partial charge in [0.2, 0.25) is 11.8 Å². The minimum Gasteiger partial charge on any atom is -0.391 e. The van der Waals surface area contributed by atoms with Gasteiger partial charge in [-0.15, -0.1) is 0 Å². The molecule has 2 aliphatic heterocycles. The van der Waals surface area contributed by atoms with E-state index in [1.165, 1.54) is 24.6 Å². The molecule has 1 aromatic heterocycles. The van der Waals surface area contributed by atoms with Crippen molar-refractivity contribution in [1.29, 1.82) is 0 Å². The van der Waals surface area contributed by atoms with E-state index < -0.39 is 11.5 Å². The van der Waals surface area contributed by atoms with E-state index in [-0.39, 0.29) is 11.8 Å². The molecule has 3 heterocycles. The highest BCUT2D eigenvalue weighted by Crippen LogP contribution is 2.42. The first-order valence-corrected chi connectivity index (χ1v) is 10.8. The molecule has 27 heavy (non-hydrogen) atoms. The summed E-state index contributed by atoms with van der Waals surface area (Å²) < 4.78 is 1.90. The third-order valence-corrected chi connectivity index (χ3v) is 7.19. The van der Waals surface area contributed by atoms with Crippen LogP contribution < -0.4 is 0 Å². The molecule has 1 aliphatic carbocycles. The molecule has 1 N–H and O–H groups in total. The van der Waals surface area contributed by atoms with Crippen LogP contribution in [-0.2, 0) is 16.6 Å². The smallest absolute Gasteiger partial charge is 0.233 e. The van der Waals surface area contributed by atoms with E-state index in [0.29, 0.717) is 50.6 Å². The first kappa shape index (κ1) is 18.8. The number of likely N-dealkylation sites (tertiary alicyclic amines) is 2. The molecule has 2 saturated heterocycles. The summed E-state index contributed by atoms with van der Waals surface area (Å²) >= 11 is 1.44. The fraction of sp³-hybridized carbons (Fsp3) is 0.737. The number of nitrogens with zero attached hydrogens (tertiary/aromatic N) is 4. The normalized spacial score (nSPS) is 25.3. The molecular weight excluding hydrogens is 364 g/mol. The summed E-state index contributed by atoms with van der Waals surface area (Å²) in [5, 5.41) is 11.2. The number of β-amino-alcohol motifs (C(OH)–C–C–N with tert-alkyl or cyclic N) is 1. The molecule has 4 rings (SSSR count). The van der Waals surface area contributed by atoms with Crippen LogP contribution in [-0.4, -0.2) is 74.3 Å². The summed E-state index contributed by atoms with van der Waals surface area (Å²) in [6, 6.07) is 0. The van der Waals surface area contributed by atoms with Gasteiger partial charge in [0.05, 0.1) is 17.3 Å². The summed E-state index contributed by atoms with van der Waals surface area (Å²) in [6.45, 7) is 2.45. The van der Waals surface area contributed by atoms with Crippen LogP contribution in [0, 0.1) is 11.3 Å². The van der Waals surface area contributed by atoms with Crippen LogP contribution in [0.2, 0.25) is 0 Å². The van der Waals surface area contributed by atoms with Crippen LogP contribution in [0.5, 0.6) is 0 Å². The Balaban J connectivity index is 1.33. The van der Waals surface area contributed by atoms with Gasteiger partial charge in [-0.25, -0.2) is 4.98 Å². The fourth-order valence-corrected chi connectivity index (χ4v) is 5.19.